The summed E-state index contributed by atoms with van der Waals surface area (Å²) in [4.78, 5) is 15.2. The molecule has 0 bridgehead atoms. The Kier molecular flexibility index (Phi) is 12.5. The molecule has 2 N–H and O–H groups in total. The van der Waals surface area contributed by atoms with Crippen molar-refractivity contribution in [1.29, 1.82) is 0 Å². The highest BCUT2D eigenvalue weighted by Gasteiger charge is 2.10. The molecule has 0 aliphatic heterocycles. The van der Waals surface area contributed by atoms with Crippen molar-refractivity contribution in [3.63, 3.8) is 0 Å². The van der Waals surface area contributed by atoms with Crippen LogP contribution in [0.15, 0.2) is 121 Å². The van der Waals surface area contributed by atoms with Gasteiger partial charge in [-0.25, -0.2) is 19.9 Å². The fourth-order valence-electron chi connectivity index (χ4n) is 3.84. The van der Waals surface area contributed by atoms with Gasteiger partial charge in [-0.05, 0) is 50.9 Å². The van der Waals surface area contributed by atoms with Gasteiger partial charge in [-0.3, -0.25) is 0 Å². The summed E-state index contributed by atoms with van der Waals surface area (Å²) in [5.74, 6) is 0. The second-order valence-corrected chi connectivity index (χ2v) is 10.8. The molecule has 0 amide bonds. The summed E-state index contributed by atoms with van der Waals surface area (Å²) in [6.07, 6.45) is 0. The SMILES string of the molecule is Clc1cc(-c2ccc(-c3ccccc3)cc2)nc(Cl)n1.Clc1cc(Cl)nc(Cl)n1.OB(O)c1ccc(-c2ccccc2)cc1. The predicted octanol–water partition coefficient (Wildman–Crippen LogP) is 8.59. The third-order valence-electron chi connectivity index (χ3n) is 5.91. The fraction of sp³-hybridized carbons (Fsp3) is 0. The van der Waals surface area contributed by atoms with Gasteiger partial charge in [0, 0.05) is 17.7 Å². The van der Waals surface area contributed by atoms with Crippen LogP contribution in [-0.4, -0.2) is 37.1 Å². The highest BCUT2D eigenvalue weighted by Crippen LogP contribution is 2.25. The maximum absolute atomic E-state index is 8.94. The maximum atomic E-state index is 8.94. The molecule has 0 atom stereocenters. The highest BCUT2D eigenvalue weighted by molar-refractivity contribution is 6.58. The lowest BCUT2D eigenvalue weighted by Crippen LogP contribution is -2.29. The molecule has 0 radical (unpaired) electrons. The monoisotopic (exact) mass is 680 g/mol. The lowest BCUT2D eigenvalue weighted by molar-refractivity contribution is 0.426. The average Bonchev–Trinajstić information content (AvgIpc) is 3.02. The third-order valence-corrected chi connectivity index (χ3v) is 6.83. The summed E-state index contributed by atoms with van der Waals surface area (Å²) in [6.45, 7) is 0. The molecular weight excluding hydrogens is 660 g/mol. The quantitative estimate of drug-likeness (QED) is 0.110. The molecule has 6 nitrogen and oxygen atoms in total. The minimum absolute atomic E-state index is 0.0625. The van der Waals surface area contributed by atoms with E-state index in [0.29, 0.717) is 10.6 Å². The van der Waals surface area contributed by atoms with E-state index in [0.717, 1.165) is 27.9 Å². The smallest absolute Gasteiger partial charge is 0.423 e. The largest absolute Gasteiger partial charge is 0.488 e. The van der Waals surface area contributed by atoms with Gasteiger partial charge in [0.1, 0.15) is 15.5 Å². The summed E-state index contributed by atoms with van der Waals surface area (Å²) < 4.78 is 0. The second-order valence-electron chi connectivity index (χ2n) is 8.93. The van der Waals surface area contributed by atoms with E-state index in [2.05, 4.69) is 44.2 Å². The zero-order valence-corrected chi connectivity index (χ0v) is 26.5. The minimum atomic E-state index is -1.39. The molecule has 0 aliphatic rings. The number of benzene rings is 4. The van der Waals surface area contributed by atoms with Crippen LogP contribution in [0.1, 0.15) is 0 Å². The van der Waals surface area contributed by atoms with Crippen molar-refractivity contribution in [2.75, 3.05) is 0 Å². The molecule has 0 saturated carbocycles. The van der Waals surface area contributed by atoms with Gasteiger partial charge in [0.2, 0.25) is 10.6 Å². The molecule has 12 heteroatoms. The molecule has 6 rings (SSSR count). The first-order chi connectivity index (χ1) is 21.2. The van der Waals surface area contributed by atoms with E-state index in [1.807, 2.05) is 72.8 Å². The first kappa shape index (κ1) is 33.4. The molecule has 0 spiro atoms. The Hall–Kier alpha value is -3.53. The summed E-state index contributed by atoms with van der Waals surface area (Å²) >= 11 is 27.9. The number of hydrogen-bond donors (Lipinski definition) is 2. The van der Waals surface area contributed by atoms with Crippen molar-refractivity contribution < 1.29 is 10.0 Å². The summed E-state index contributed by atoms with van der Waals surface area (Å²) in [5, 5.41) is 18.9. The zero-order valence-electron chi connectivity index (χ0n) is 22.7. The van der Waals surface area contributed by atoms with Gasteiger partial charge in [-0.2, -0.15) is 0 Å². The first-order valence-corrected chi connectivity index (χ1v) is 14.8. The number of rotatable bonds is 4. The fourth-order valence-corrected chi connectivity index (χ4v) is 4.94. The van der Waals surface area contributed by atoms with Crippen LogP contribution >= 0.6 is 58.0 Å². The van der Waals surface area contributed by atoms with Crippen molar-refractivity contribution in [2.24, 2.45) is 0 Å². The molecular formula is C32H22BCl5N4O2. The molecule has 220 valence electrons. The van der Waals surface area contributed by atoms with Crippen LogP contribution in [-0.2, 0) is 0 Å². The van der Waals surface area contributed by atoms with Crippen molar-refractivity contribution >= 4 is 70.6 Å². The van der Waals surface area contributed by atoms with Gasteiger partial charge in [0.15, 0.2) is 0 Å². The van der Waals surface area contributed by atoms with Gasteiger partial charge in [0.05, 0.1) is 5.69 Å². The van der Waals surface area contributed by atoms with Crippen molar-refractivity contribution in [1.82, 2.24) is 19.9 Å². The van der Waals surface area contributed by atoms with Crippen molar-refractivity contribution in [2.45, 2.75) is 0 Å². The average molecular weight is 683 g/mol. The molecule has 44 heavy (non-hydrogen) atoms. The van der Waals surface area contributed by atoms with E-state index in [9.17, 15) is 0 Å². The number of halogens is 5. The van der Waals surface area contributed by atoms with Crippen molar-refractivity contribution in [3.05, 3.63) is 147 Å². The number of aromatic nitrogens is 4. The predicted molar refractivity (Wildman–Crippen MR) is 182 cm³/mol. The summed E-state index contributed by atoms with van der Waals surface area (Å²) in [5.41, 5.74) is 6.70. The Labute approximate surface area is 280 Å². The molecule has 2 heterocycles. The minimum Gasteiger partial charge on any atom is -0.423 e. The van der Waals surface area contributed by atoms with Gasteiger partial charge < -0.3 is 10.0 Å². The van der Waals surface area contributed by atoms with Crippen LogP contribution in [0.4, 0.5) is 0 Å². The van der Waals surface area contributed by atoms with E-state index in [1.165, 1.54) is 11.6 Å². The van der Waals surface area contributed by atoms with Gasteiger partial charge in [-0.15, -0.1) is 0 Å². The van der Waals surface area contributed by atoms with E-state index in [-0.39, 0.29) is 20.9 Å². The van der Waals surface area contributed by atoms with Crippen LogP contribution in [0.25, 0.3) is 33.5 Å². The van der Waals surface area contributed by atoms with E-state index in [1.54, 1.807) is 18.2 Å². The van der Waals surface area contributed by atoms with Gasteiger partial charge in [-0.1, -0.05) is 144 Å². The molecule has 0 saturated heterocycles. The van der Waals surface area contributed by atoms with Crippen LogP contribution < -0.4 is 5.46 Å². The Balaban J connectivity index is 0.000000162. The first-order valence-electron chi connectivity index (χ1n) is 12.9. The number of hydrogen-bond acceptors (Lipinski definition) is 6. The second kappa shape index (κ2) is 16.5. The van der Waals surface area contributed by atoms with E-state index in [4.69, 9.17) is 68.1 Å². The standard InChI is InChI=1S/C16H10Cl2N2.C12H11BO2.C4HCl3N2/c17-15-10-14(19-16(18)20-15)13-8-6-12(7-9-13)11-4-2-1-3-5-11;14-13(15)12-8-6-11(7-9-12)10-4-2-1-3-5-10;5-2-1-3(6)9-4(7)8-2/h1-10H;1-9,14-15H;1H. The molecule has 0 unspecified atom stereocenters. The molecule has 0 aliphatic carbocycles. The Bertz CT molecular complexity index is 1710. The van der Waals surface area contributed by atoms with Crippen LogP contribution in [0.2, 0.25) is 26.0 Å². The summed E-state index contributed by atoms with van der Waals surface area (Å²) in [7, 11) is -1.39. The van der Waals surface area contributed by atoms with E-state index >= 15 is 0 Å². The third kappa shape index (κ3) is 10.3. The Morgan fingerprint density at radius 2 is 0.773 bits per heavy atom. The zero-order chi connectivity index (χ0) is 31.5. The molecule has 6 aromatic rings. The topological polar surface area (TPSA) is 92.0 Å². The maximum Gasteiger partial charge on any atom is 0.488 e. The van der Waals surface area contributed by atoms with Crippen molar-refractivity contribution in [3.8, 4) is 33.5 Å². The van der Waals surface area contributed by atoms with E-state index < -0.39 is 7.12 Å². The Morgan fingerprint density at radius 1 is 0.409 bits per heavy atom. The Morgan fingerprint density at radius 3 is 1.18 bits per heavy atom. The lowest BCUT2D eigenvalue weighted by Gasteiger charge is -2.05. The molecule has 4 aromatic carbocycles. The van der Waals surface area contributed by atoms with Gasteiger partial charge >= 0.3 is 7.12 Å². The normalized spacial score (nSPS) is 10.2. The number of nitrogens with zero attached hydrogens (tertiary/aromatic N) is 4. The van der Waals surface area contributed by atoms with Crippen LogP contribution in [0, 0.1) is 0 Å². The highest BCUT2D eigenvalue weighted by atomic mass is 35.5. The molecule has 2 aromatic heterocycles. The van der Waals surface area contributed by atoms with Gasteiger partial charge in [0.25, 0.3) is 0 Å². The molecule has 0 fully saturated rings. The lowest BCUT2D eigenvalue weighted by atomic mass is 9.80. The van der Waals surface area contributed by atoms with Crippen LogP contribution in [0.5, 0.6) is 0 Å². The summed E-state index contributed by atoms with van der Waals surface area (Å²) in [6, 6.07) is 38.6. The van der Waals surface area contributed by atoms with Crippen LogP contribution in [0.3, 0.4) is 0 Å².